The molecule has 1 amide bonds. The van der Waals surface area contributed by atoms with Crippen LogP contribution in [0.5, 0.6) is 0 Å². The van der Waals surface area contributed by atoms with Gasteiger partial charge in [-0.3, -0.25) is 9.59 Å². The highest BCUT2D eigenvalue weighted by atomic mass is 16.5. The van der Waals surface area contributed by atoms with E-state index in [1.165, 1.54) is 0 Å². The van der Waals surface area contributed by atoms with E-state index in [0.29, 0.717) is 19.6 Å². The smallest absolute Gasteiger partial charge is 0.307 e. The molecule has 1 rings (SSSR count). The number of carbonyl (C=O) groups excluding carboxylic acids is 2. The van der Waals surface area contributed by atoms with Gasteiger partial charge in [0.25, 0.3) is 0 Å². The van der Waals surface area contributed by atoms with Crippen LogP contribution in [0.2, 0.25) is 0 Å². The Morgan fingerprint density at radius 2 is 2.24 bits per heavy atom. The van der Waals surface area contributed by atoms with Crippen LogP contribution in [0.1, 0.15) is 39.0 Å². The molecule has 0 bridgehead atoms. The number of hydrogen-bond donors (Lipinski definition) is 1. The zero-order chi connectivity index (χ0) is 12.5. The summed E-state index contributed by atoms with van der Waals surface area (Å²) in [5.74, 6) is -0.295. The lowest BCUT2D eigenvalue weighted by Gasteiger charge is -2.09. The van der Waals surface area contributed by atoms with Crippen molar-refractivity contribution in [3.8, 4) is 0 Å². The summed E-state index contributed by atoms with van der Waals surface area (Å²) in [6.45, 7) is 3.31. The first-order valence-corrected chi connectivity index (χ1v) is 6.26. The van der Waals surface area contributed by atoms with E-state index in [4.69, 9.17) is 9.47 Å². The van der Waals surface area contributed by atoms with E-state index in [9.17, 15) is 9.59 Å². The molecule has 0 radical (unpaired) electrons. The summed E-state index contributed by atoms with van der Waals surface area (Å²) < 4.78 is 10.2. The minimum atomic E-state index is -0.271. The summed E-state index contributed by atoms with van der Waals surface area (Å²) >= 11 is 0. The first-order valence-electron chi connectivity index (χ1n) is 6.26. The zero-order valence-electron chi connectivity index (χ0n) is 10.4. The SMILES string of the molecule is CCOC(=O)CCNC(=O)CCC1CCCO1. The summed E-state index contributed by atoms with van der Waals surface area (Å²) in [5.41, 5.74) is 0. The number of esters is 1. The monoisotopic (exact) mass is 243 g/mol. The first kappa shape index (κ1) is 14.0. The van der Waals surface area contributed by atoms with E-state index in [1.807, 2.05) is 0 Å². The number of ether oxygens (including phenoxy) is 2. The van der Waals surface area contributed by atoms with Crippen LogP contribution in [0.25, 0.3) is 0 Å². The highest BCUT2D eigenvalue weighted by Gasteiger charge is 2.16. The molecule has 0 spiro atoms. The second-order valence-corrected chi connectivity index (χ2v) is 4.08. The highest BCUT2D eigenvalue weighted by molar-refractivity contribution is 5.77. The van der Waals surface area contributed by atoms with Crippen LogP contribution in [0, 0.1) is 0 Å². The normalized spacial score (nSPS) is 19.0. The van der Waals surface area contributed by atoms with Gasteiger partial charge in [0.15, 0.2) is 0 Å². The molecule has 1 aliphatic rings. The van der Waals surface area contributed by atoms with Crippen molar-refractivity contribution in [2.75, 3.05) is 19.8 Å². The van der Waals surface area contributed by atoms with Crippen molar-refractivity contribution in [1.29, 1.82) is 0 Å². The molecule has 98 valence electrons. The largest absolute Gasteiger partial charge is 0.466 e. The van der Waals surface area contributed by atoms with Crippen LogP contribution in [-0.4, -0.2) is 37.7 Å². The molecule has 5 heteroatoms. The molecule has 1 aliphatic heterocycles. The summed E-state index contributed by atoms with van der Waals surface area (Å²) in [6.07, 6.45) is 3.86. The minimum absolute atomic E-state index is 0.0233. The molecule has 1 unspecified atom stereocenters. The van der Waals surface area contributed by atoms with Crippen molar-refractivity contribution in [1.82, 2.24) is 5.32 Å². The fraction of sp³-hybridized carbons (Fsp3) is 0.833. The Morgan fingerprint density at radius 3 is 2.88 bits per heavy atom. The average Bonchev–Trinajstić information content (AvgIpc) is 2.79. The highest BCUT2D eigenvalue weighted by Crippen LogP contribution is 2.16. The molecule has 0 saturated carbocycles. The van der Waals surface area contributed by atoms with Gasteiger partial charge in [0.05, 0.1) is 19.1 Å². The Morgan fingerprint density at radius 1 is 1.41 bits per heavy atom. The molecule has 1 atom stereocenters. The minimum Gasteiger partial charge on any atom is -0.466 e. The third kappa shape index (κ3) is 6.26. The number of rotatable bonds is 7. The van der Waals surface area contributed by atoms with Gasteiger partial charge in [-0.05, 0) is 26.2 Å². The van der Waals surface area contributed by atoms with Crippen LogP contribution in [0.3, 0.4) is 0 Å². The van der Waals surface area contributed by atoms with Gasteiger partial charge in [-0.25, -0.2) is 0 Å². The molecule has 1 fully saturated rings. The molecule has 1 heterocycles. The fourth-order valence-electron chi connectivity index (χ4n) is 1.79. The average molecular weight is 243 g/mol. The Kier molecular flexibility index (Phi) is 6.62. The van der Waals surface area contributed by atoms with Gasteiger partial charge in [0.1, 0.15) is 0 Å². The van der Waals surface area contributed by atoms with Gasteiger partial charge < -0.3 is 14.8 Å². The quantitative estimate of drug-likeness (QED) is 0.678. The third-order valence-corrected chi connectivity index (χ3v) is 2.67. The van der Waals surface area contributed by atoms with Crippen molar-refractivity contribution in [2.24, 2.45) is 0 Å². The maximum atomic E-state index is 11.4. The lowest BCUT2D eigenvalue weighted by molar-refractivity contribution is -0.143. The predicted molar refractivity (Wildman–Crippen MR) is 62.5 cm³/mol. The van der Waals surface area contributed by atoms with E-state index in [0.717, 1.165) is 25.9 Å². The topological polar surface area (TPSA) is 64.6 Å². The van der Waals surface area contributed by atoms with Crippen molar-refractivity contribution in [2.45, 2.75) is 45.1 Å². The summed E-state index contributed by atoms with van der Waals surface area (Å²) in [7, 11) is 0. The number of hydrogen-bond acceptors (Lipinski definition) is 4. The van der Waals surface area contributed by atoms with Crippen LogP contribution in [-0.2, 0) is 19.1 Å². The molecule has 0 aromatic heterocycles. The summed E-state index contributed by atoms with van der Waals surface area (Å²) in [5, 5.41) is 2.70. The van der Waals surface area contributed by atoms with Gasteiger partial charge in [-0.1, -0.05) is 0 Å². The molecule has 0 aromatic rings. The number of nitrogens with one attached hydrogen (secondary N) is 1. The van der Waals surface area contributed by atoms with Crippen LogP contribution in [0.15, 0.2) is 0 Å². The lowest BCUT2D eigenvalue weighted by Crippen LogP contribution is -2.27. The standard InChI is InChI=1S/C12H21NO4/c1-2-16-12(15)7-8-13-11(14)6-5-10-4-3-9-17-10/h10H,2-9H2,1H3,(H,13,14). The van der Waals surface area contributed by atoms with Crippen LogP contribution >= 0.6 is 0 Å². The molecule has 0 aliphatic carbocycles. The van der Waals surface area contributed by atoms with Crippen LogP contribution in [0.4, 0.5) is 0 Å². The zero-order valence-corrected chi connectivity index (χ0v) is 10.4. The van der Waals surface area contributed by atoms with Gasteiger partial charge in [-0.2, -0.15) is 0 Å². The van der Waals surface area contributed by atoms with Gasteiger partial charge >= 0.3 is 5.97 Å². The fourth-order valence-corrected chi connectivity index (χ4v) is 1.79. The van der Waals surface area contributed by atoms with Crippen molar-refractivity contribution >= 4 is 11.9 Å². The van der Waals surface area contributed by atoms with E-state index >= 15 is 0 Å². The molecule has 17 heavy (non-hydrogen) atoms. The van der Waals surface area contributed by atoms with Crippen molar-refractivity contribution in [3.05, 3.63) is 0 Å². The van der Waals surface area contributed by atoms with Crippen molar-refractivity contribution < 1.29 is 19.1 Å². The summed E-state index contributed by atoms with van der Waals surface area (Å²) in [6, 6.07) is 0. The van der Waals surface area contributed by atoms with Crippen LogP contribution < -0.4 is 5.32 Å². The Hall–Kier alpha value is -1.10. The molecule has 0 aromatic carbocycles. The Balaban J connectivity index is 1.98. The number of amides is 1. The van der Waals surface area contributed by atoms with E-state index in [1.54, 1.807) is 6.92 Å². The third-order valence-electron chi connectivity index (χ3n) is 2.67. The van der Waals surface area contributed by atoms with Crippen molar-refractivity contribution in [3.63, 3.8) is 0 Å². The van der Waals surface area contributed by atoms with E-state index in [-0.39, 0.29) is 24.4 Å². The maximum Gasteiger partial charge on any atom is 0.307 e. The number of carbonyl (C=O) groups is 2. The maximum absolute atomic E-state index is 11.4. The Bertz CT molecular complexity index is 249. The van der Waals surface area contributed by atoms with Gasteiger partial charge in [-0.15, -0.1) is 0 Å². The Labute approximate surface area is 102 Å². The molecular formula is C12H21NO4. The first-order chi connectivity index (χ1) is 8.22. The molecule has 1 saturated heterocycles. The van der Waals surface area contributed by atoms with Gasteiger partial charge in [0, 0.05) is 19.6 Å². The second-order valence-electron chi connectivity index (χ2n) is 4.08. The predicted octanol–water partition coefficient (Wildman–Crippen LogP) is 1.01. The van der Waals surface area contributed by atoms with E-state index < -0.39 is 0 Å². The van der Waals surface area contributed by atoms with E-state index in [2.05, 4.69) is 5.32 Å². The molecule has 1 N–H and O–H groups in total. The molecular weight excluding hydrogens is 222 g/mol. The molecule has 5 nitrogen and oxygen atoms in total. The van der Waals surface area contributed by atoms with Gasteiger partial charge in [0.2, 0.25) is 5.91 Å². The second kappa shape index (κ2) is 8.06. The lowest BCUT2D eigenvalue weighted by atomic mass is 10.1. The summed E-state index contributed by atoms with van der Waals surface area (Å²) in [4.78, 5) is 22.4.